The molecule has 2 N–H and O–H groups in total. The van der Waals surface area contributed by atoms with Gasteiger partial charge in [-0.1, -0.05) is 38.1 Å². The number of amides is 1. The molecule has 0 unspecified atom stereocenters. The zero-order chi connectivity index (χ0) is 24.4. The maximum Gasteiger partial charge on any atom is 0.262 e. The molecular weight excluding hydrogens is 446 g/mol. The number of carbonyl (C=O) groups excluding carboxylic acids is 1. The molecule has 4 aromatic rings. The van der Waals surface area contributed by atoms with Gasteiger partial charge in [-0.05, 0) is 35.7 Å². The van der Waals surface area contributed by atoms with Gasteiger partial charge in [-0.25, -0.2) is 9.67 Å². The number of carbonyl (C=O) groups is 1. The number of H-pyrrole nitrogens is 1. The van der Waals surface area contributed by atoms with Gasteiger partial charge in [-0.2, -0.15) is 5.10 Å². The number of hydrogen-bond donors (Lipinski definition) is 2. The van der Waals surface area contributed by atoms with Crippen LogP contribution in [-0.4, -0.2) is 38.9 Å². The zero-order valence-corrected chi connectivity index (χ0v) is 19.7. The van der Waals surface area contributed by atoms with E-state index in [0.717, 1.165) is 11.3 Å². The van der Waals surface area contributed by atoms with Crippen molar-refractivity contribution in [3.05, 3.63) is 76.5 Å². The van der Waals surface area contributed by atoms with E-state index < -0.39 is 0 Å². The Bertz CT molecular complexity index is 1410. The number of fused-ring (bicyclic) bond motifs is 2. The van der Waals surface area contributed by atoms with Crippen LogP contribution in [0.1, 0.15) is 37.7 Å². The highest BCUT2D eigenvalue weighted by atomic mass is 16.6. The second-order valence-corrected chi connectivity index (χ2v) is 8.83. The minimum Gasteiger partial charge on any atom is -0.486 e. The quantitative estimate of drug-likeness (QED) is 0.426. The van der Waals surface area contributed by atoms with E-state index in [1.807, 2.05) is 48.5 Å². The Labute approximate surface area is 202 Å². The lowest BCUT2D eigenvalue weighted by atomic mass is 9.95. The molecule has 0 spiro atoms. The largest absolute Gasteiger partial charge is 0.486 e. The standard InChI is InChI=1S/C26H27N5O4/c1-16(2)24(17-8-9-20-21(14-17)35-13-12-34-20)30-23(32)11-10-22-28-25-19(26(33)29-22)15-27-31(25)18-6-4-3-5-7-18/h3-9,14-16,24H,10-13H2,1-2H3,(H,30,32)(H,28,29,33)/t24-/m0/s1. The third-order valence-electron chi connectivity index (χ3n) is 5.99. The van der Waals surface area contributed by atoms with Gasteiger partial charge in [0.2, 0.25) is 5.91 Å². The number of rotatable bonds is 7. The second-order valence-electron chi connectivity index (χ2n) is 8.83. The first-order valence-electron chi connectivity index (χ1n) is 11.7. The van der Waals surface area contributed by atoms with Crippen molar-refractivity contribution in [1.82, 2.24) is 25.1 Å². The van der Waals surface area contributed by atoms with Crippen molar-refractivity contribution < 1.29 is 14.3 Å². The number of aryl methyl sites for hydroxylation is 1. The van der Waals surface area contributed by atoms with Crippen molar-refractivity contribution in [2.75, 3.05) is 13.2 Å². The van der Waals surface area contributed by atoms with Crippen LogP contribution in [0.3, 0.4) is 0 Å². The Kier molecular flexibility index (Phi) is 6.22. The first-order chi connectivity index (χ1) is 17.0. The van der Waals surface area contributed by atoms with Crippen LogP contribution in [0.15, 0.2) is 59.5 Å². The average Bonchev–Trinajstić information content (AvgIpc) is 3.31. The van der Waals surface area contributed by atoms with Crippen molar-refractivity contribution in [3.63, 3.8) is 0 Å². The van der Waals surface area contributed by atoms with Gasteiger partial charge in [0.1, 0.15) is 24.4 Å². The summed E-state index contributed by atoms with van der Waals surface area (Å²) in [5.74, 6) is 1.89. The fraction of sp³-hybridized carbons (Fsp3) is 0.308. The van der Waals surface area contributed by atoms with Crippen LogP contribution in [0.4, 0.5) is 0 Å². The van der Waals surface area contributed by atoms with Crippen LogP contribution in [0, 0.1) is 5.92 Å². The number of para-hydroxylation sites is 1. The highest BCUT2D eigenvalue weighted by Gasteiger charge is 2.22. The van der Waals surface area contributed by atoms with Gasteiger partial charge in [-0.15, -0.1) is 0 Å². The van der Waals surface area contributed by atoms with Crippen molar-refractivity contribution >= 4 is 16.9 Å². The van der Waals surface area contributed by atoms with E-state index in [1.54, 1.807) is 4.68 Å². The number of nitrogens with one attached hydrogen (secondary N) is 2. The van der Waals surface area contributed by atoms with Crippen LogP contribution < -0.4 is 20.3 Å². The minimum absolute atomic E-state index is 0.127. The maximum absolute atomic E-state index is 12.9. The van der Waals surface area contributed by atoms with E-state index in [1.165, 1.54) is 6.20 Å². The van der Waals surface area contributed by atoms with Gasteiger partial charge in [0.15, 0.2) is 17.1 Å². The van der Waals surface area contributed by atoms with E-state index in [0.29, 0.717) is 48.0 Å². The molecule has 35 heavy (non-hydrogen) atoms. The normalized spacial score (nSPS) is 13.7. The summed E-state index contributed by atoms with van der Waals surface area (Å²) in [6.07, 6.45) is 1.98. The molecule has 1 aliphatic rings. The zero-order valence-electron chi connectivity index (χ0n) is 19.7. The fourth-order valence-corrected chi connectivity index (χ4v) is 4.21. The predicted molar refractivity (Wildman–Crippen MR) is 131 cm³/mol. The lowest BCUT2D eigenvalue weighted by molar-refractivity contribution is -0.122. The summed E-state index contributed by atoms with van der Waals surface area (Å²) in [4.78, 5) is 32.8. The number of benzene rings is 2. The number of ether oxygens (including phenoxy) is 2. The van der Waals surface area contributed by atoms with Crippen molar-refractivity contribution in [2.45, 2.75) is 32.7 Å². The third kappa shape index (κ3) is 4.75. The van der Waals surface area contributed by atoms with Crippen LogP contribution in [0.5, 0.6) is 11.5 Å². The molecule has 1 aliphatic heterocycles. The van der Waals surface area contributed by atoms with E-state index >= 15 is 0 Å². The van der Waals surface area contributed by atoms with Gasteiger partial charge in [0, 0.05) is 12.8 Å². The fourth-order valence-electron chi connectivity index (χ4n) is 4.21. The van der Waals surface area contributed by atoms with Crippen molar-refractivity contribution in [2.24, 2.45) is 5.92 Å². The molecule has 0 bridgehead atoms. The molecule has 2 aromatic carbocycles. The summed E-state index contributed by atoms with van der Waals surface area (Å²) in [7, 11) is 0. The lowest BCUT2D eigenvalue weighted by Crippen LogP contribution is -2.32. The molecule has 9 nitrogen and oxygen atoms in total. The van der Waals surface area contributed by atoms with Gasteiger partial charge in [0.05, 0.1) is 17.9 Å². The Morgan fingerprint density at radius 3 is 2.66 bits per heavy atom. The van der Waals surface area contributed by atoms with E-state index in [9.17, 15) is 9.59 Å². The third-order valence-corrected chi connectivity index (χ3v) is 5.99. The summed E-state index contributed by atoms with van der Waals surface area (Å²) in [5.41, 5.74) is 1.96. The molecule has 0 fully saturated rings. The van der Waals surface area contributed by atoms with Crippen LogP contribution in [0.2, 0.25) is 0 Å². The van der Waals surface area contributed by atoms with Gasteiger partial charge >= 0.3 is 0 Å². The van der Waals surface area contributed by atoms with E-state index in [2.05, 4.69) is 34.2 Å². The molecule has 2 aromatic heterocycles. The summed E-state index contributed by atoms with van der Waals surface area (Å²) >= 11 is 0. The van der Waals surface area contributed by atoms with Crippen LogP contribution >= 0.6 is 0 Å². The topological polar surface area (TPSA) is 111 Å². The Morgan fingerprint density at radius 2 is 1.89 bits per heavy atom. The van der Waals surface area contributed by atoms with E-state index in [-0.39, 0.29) is 29.8 Å². The lowest BCUT2D eigenvalue weighted by Gasteiger charge is -2.25. The number of aromatic amines is 1. The summed E-state index contributed by atoms with van der Waals surface area (Å²) in [6.45, 7) is 5.15. The summed E-state index contributed by atoms with van der Waals surface area (Å²) < 4.78 is 12.9. The SMILES string of the molecule is CC(C)[C@H](NC(=O)CCc1nc2c(cnn2-c2ccccc2)c(=O)[nH]1)c1ccc2c(c1)OCCO2. The molecule has 1 amide bonds. The smallest absolute Gasteiger partial charge is 0.262 e. The van der Waals surface area contributed by atoms with Crippen molar-refractivity contribution in [3.8, 4) is 17.2 Å². The molecular formula is C26H27N5O4. The Hall–Kier alpha value is -4.14. The molecule has 180 valence electrons. The van der Waals surface area contributed by atoms with Gasteiger partial charge < -0.3 is 19.8 Å². The summed E-state index contributed by atoms with van der Waals surface area (Å²) in [5, 5.41) is 7.85. The monoisotopic (exact) mass is 473 g/mol. The van der Waals surface area contributed by atoms with Gasteiger partial charge in [0.25, 0.3) is 5.56 Å². The average molecular weight is 474 g/mol. The predicted octanol–water partition coefficient (Wildman–Crippen LogP) is 3.33. The number of hydrogen-bond acceptors (Lipinski definition) is 6. The molecule has 0 saturated carbocycles. The molecule has 1 atom stereocenters. The maximum atomic E-state index is 12.9. The summed E-state index contributed by atoms with van der Waals surface area (Å²) in [6, 6.07) is 15.1. The molecule has 5 rings (SSSR count). The minimum atomic E-state index is -0.274. The van der Waals surface area contributed by atoms with Gasteiger partial charge in [-0.3, -0.25) is 9.59 Å². The highest BCUT2D eigenvalue weighted by molar-refractivity contribution is 5.77. The van der Waals surface area contributed by atoms with Crippen LogP contribution in [0.25, 0.3) is 16.7 Å². The van der Waals surface area contributed by atoms with E-state index in [4.69, 9.17) is 9.47 Å². The molecule has 0 saturated heterocycles. The molecule has 9 heteroatoms. The Balaban J connectivity index is 1.31. The van der Waals surface area contributed by atoms with Crippen LogP contribution in [-0.2, 0) is 11.2 Å². The number of aromatic nitrogens is 4. The molecule has 3 heterocycles. The highest BCUT2D eigenvalue weighted by Crippen LogP contribution is 2.34. The second kappa shape index (κ2) is 9.61. The molecule has 0 radical (unpaired) electrons. The number of nitrogens with zero attached hydrogens (tertiary/aromatic N) is 3. The first-order valence-corrected chi connectivity index (χ1v) is 11.7. The first kappa shape index (κ1) is 22.6. The van der Waals surface area contributed by atoms with Crippen molar-refractivity contribution in [1.29, 1.82) is 0 Å². The molecule has 0 aliphatic carbocycles. The Morgan fingerprint density at radius 1 is 1.11 bits per heavy atom.